The second kappa shape index (κ2) is 8.07. The lowest BCUT2D eigenvalue weighted by molar-refractivity contribution is -0.385. The minimum absolute atomic E-state index is 0.0548. The van der Waals surface area contributed by atoms with E-state index in [-0.39, 0.29) is 22.9 Å². The molecule has 0 aliphatic carbocycles. The topological polar surface area (TPSA) is 108 Å². The van der Waals surface area contributed by atoms with Crippen molar-refractivity contribution in [3.63, 3.8) is 0 Å². The van der Waals surface area contributed by atoms with E-state index in [2.05, 4.69) is 10.1 Å². The van der Waals surface area contributed by atoms with Gasteiger partial charge in [-0.25, -0.2) is 4.79 Å². The molecule has 0 aliphatic rings. The van der Waals surface area contributed by atoms with Crippen LogP contribution in [0.1, 0.15) is 22.7 Å². The van der Waals surface area contributed by atoms with Gasteiger partial charge in [-0.2, -0.15) is 4.98 Å². The predicted octanol–water partition coefficient (Wildman–Crippen LogP) is 4.15. The monoisotopic (exact) mass is 393 g/mol. The third-order valence-electron chi connectivity index (χ3n) is 3.35. The number of ether oxygens (including phenoxy) is 1. The Bertz CT molecular complexity index is 926. The standard InChI is InChI=1S/C16H12ClN3O5S/c17-10-5-6-12(20(22)23)11(9-10)16(21)24-7-1-4-14-18-15(19-25-14)13-3-2-8-26-13/h2-3,5-6,8-9H,1,4,7H2. The second-order valence-electron chi connectivity index (χ2n) is 5.15. The fourth-order valence-electron chi connectivity index (χ4n) is 2.16. The van der Waals surface area contributed by atoms with E-state index in [1.807, 2.05) is 17.5 Å². The highest BCUT2D eigenvalue weighted by Crippen LogP contribution is 2.24. The van der Waals surface area contributed by atoms with Crippen molar-refractivity contribution in [3.8, 4) is 10.7 Å². The van der Waals surface area contributed by atoms with Crippen LogP contribution in [-0.4, -0.2) is 27.6 Å². The maximum absolute atomic E-state index is 12.1. The summed E-state index contributed by atoms with van der Waals surface area (Å²) in [6.07, 6.45) is 0.857. The number of halogens is 1. The summed E-state index contributed by atoms with van der Waals surface area (Å²) in [6.45, 7) is 0.0548. The molecule has 0 bridgehead atoms. The van der Waals surface area contributed by atoms with Crippen LogP contribution in [0.15, 0.2) is 40.2 Å². The van der Waals surface area contributed by atoms with Gasteiger partial charge in [0, 0.05) is 17.5 Å². The van der Waals surface area contributed by atoms with Crippen molar-refractivity contribution in [1.29, 1.82) is 0 Å². The van der Waals surface area contributed by atoms with Gasteiger partial charge in [-0.05, 0) is 30.0 Å². The van der Waals surface area contributed by atoms with Gasteiger partial charge in [0.1, 0.15) is 5.56 Å². The van der Waals surface area contributed by atoms with Crippen LogP contribution in [0.5, 0.6) is 0 Å². The fraction of sp³-hybridized carbons (Fsp3) is 0.188. The molecule has 0 spiro atoms. The molecule has 10 heteroatoms. The van der Waals surface area contributed by atoms with Crippen molar-refractivity contribution in [3.05, 3.63) is 62.3 Å². The molecule has 0 aliphatic heterocycles. The third kappa shape index (κ3) is 4.24. The second-order valence-corrected chi connectivity index (χ2v) is 6.53. The van der Waals surface area contributed by atoms with E-state index in [1.54, 1.807) is 0 Å². The summed E-state index contributed by atoms with van der Waals surface area (Å²) in [7, 11) is 0. The Kier molecular flexibility index (Phi) is 5.59. The zero-order chi connectivity index (χ0) is 18.5. The number of rotatable bonds is 7. The number of nitrogens with zero attached hydrogens (tertiary/aromatic N) is 3. The van der Waals surface area contributed by atoms with Crippen LogP contribution >= 0.6 is 22.9 Å². The molecule has 0 N–H and O–H groups in total. The first-order valence-corrected chi connectivity index (χ1v) is 8.78. The molecule has 0 fully saturated rings. The number of benzene rings is 1. The highest BCUT2D eigenvalue weighted by atomic mass is 35.5. The normalized spacial score (nSPS) is 10.7. The van der Waals surface area contributed by atoms with Gasteiger partial charge in [0.25, 0.3) is 5.69 Å². The molecule has 0 radical (unpaired) electrons. The molecule has 2 aromatic heterocycles. The highest BCUT2D eigenvalue weighted by Gasteiger charge is 2.21. The van der Waals surface area contributed by atoms with E-state index in [9.17, 15) is 14.9 Å². The van der Waals surface area contributed by atoms with Crippen molar-refractivity contribution < 1.29 is 19.0 Å². The van der Waals surface area contributed by atoms with E-state index >= 15 is 0 Å². The number of thiophene rings is 1. The number of aromatic nitrogens is 2. The average Bonchev–Trinajstić information content (AvgIpc) is 3.29. The summed E-state index contributed by atoms with van der Waals surface area (Å²) >= 11 is 7.30. The van der Waals surface area contributed by atoms with Gasteiger partial charge >= 0.3 is 5.97 Å². The Labute approximate surface area is 156 Å². The Morgan fingerprint density at radius 1 is 1.38 bits per heavy atom. The number of aryl methyl sites for hydroxylation is 1. The number of hydrogen-bond acceptors (Lipinski definition) is 8. The maximum Gasteiger partial charge on any atom is 0.345 e. The minimum atomic E-state index is -0.802. The van der Waals surface area contributed by atoms with Crippen molar-refractivity contribution in [2.24, 2.45) is 0 Å². The Morgan fingerprint density at radius 3 is 2.96 bits per heavy atom. The zero-order valence-corrected chi connectivity index (χ0v) is 14.8. The first-order chi connectivity index (χ1) is 12.5. The van der Waals surface area contributed by atoms with E-state index in [4.69, 9.17) is 20.9 Å². The maximum atomic E-state index is 12.1. The fourth-order valence-corrected chi connectivity index (χ4v) is 2.98. The van der Waals surface area contributed by atoms with Crippen molar-refractivity contribution >= 4 is 34.6 Å². The summed E-state index contributed by atoms with van der Waals surface area (Å²) in [6, 6.07) is 7.51. The number of nitro groups is 1. The Hall–Kier alpha value is -2.78. The molecule has 0 atom stereocenters. The van der Waals surface area contributed by atoms with Gasteiger partial charge in [0.2, 0.25) is 11.7 Å². The summed E-state index contributed by atoms with van der Waals surface area (Å²) < 4.78 is 10.2. The zero-order valence-electron chi connectivity index (χ0n) is 13.3. The van der Waals surface area contributed by atoms with Crippen LogP contribution in [0, 0.1) is 10.1 Å². The van der Waals surface area contributed by atoms with Gasteiger partial charge in [-0.15, -0.1) is 11.3 Å². The van der Waals surface area contributed by atoms with Gasteiger partial charge in [-0.3, -0.25) is 10.1 Å². The first kappa shape index (κ1) is 18.0. The molecular weight excluding hydrogens is 382 g/mol. The summed E-state index contributed by atoms with van der Waals surface area (Å²) in [5.74, 6) is 0.142. The summed E-state index contributed by atoms with van der Waals surface area (Å²) in [5.41, 5.74) is -0.530. The van der Waals surface area contributed by atoms with E-state index in [1.165, 1.54) is 29.5 Å². The van der Waals surface area contributed by atoms with Crippen molar-refractivity contribution in [2.45, 2.75) is 12.8 Å². The molecule has 2 heterocycles. The minimum Gasteiger partial charge on any atom is -0.462 e. The molecule has 0 amide bonds. The largest absolute Gasteiger partial charge is 0.462 e. The summed E-state index contributed by atoms with van der Waals surface area (Å²) in [5, 5.41) is 17.0. The molecular formula is C16H12ClN3O5S. The van der Waals surface area contributed by atoms with E-state index in [0.717, 1.165) is 4.88 Å². The van der Waals surface area contributed by atoms with Crippen LogP contribution < -0.4 is 0 Å². The van der Waals surface area contributed by atoms with Crippen molar-refractivity contribution in [1.82, 2.24) is 10.1 Å². The molecule has 26 heavy (non-hydrogen) atoms. The number of esters is 1. The van der Waals surface area contributed by atoms with Crippen LogP contribution in [0.3, 0.4) is 0 Å². The van der Waals surface area contributed by atoms with Crippen LogP contribution in [0.4, 0.5) is 5.69 Å². The molecule has 3 rings (SSSR count). The molecule has 0 unspecified atom stereocenters. The lowest BCUT2D eigenvalue weighted by atomic mass is 10.2. The van der Waals surface area contributed by atoms with Crippen LogP contribution in [0.2, 0.25) is 5.02 Å². The first-order valence-electron chi connectivity index (χ1n) is 7.52. The smallest absolute Gasteiger partial charge is 0.345 e. The SMILES string of the molecule is O=C(OCCCc1nc(-c2cccs2)no1)c1cc(Cl)ccc1[N+](=O)[O-]. The molecule has 0 saturated carbocycles. The molecule has 134 valence electrons. The lowest BCUT2D eigenvalue weighted by Crippen LogP contribution is -2.09. The lowest BCUT2D eigenvalue weighted by Gasteiger charge is -2.05. The van der Waals surface area contributed by atoms with Gasteiger partial charge in [0.05, 0.1) is 16.4 Å². The molecule has 3 aromatic rings. The Balaban J connectivity index is 1.53. The molecule has 0 saturated heterocycles. The quantitative estimate of drug-likeness (QED) is 0.256. The van der Waals surface area contributed by atoms with Crippen LogP contribution in [0.25, 0.3) is 10.7 Å². The highest BCUT2D eigenvalue weighted by molar-refractivity contribution is 7.13. The Morgan fingerprint density at radius 2 is 2.23 bits per heavy atom. The van der Waals surface area contributed by atoms with E-state index < -0.39 is 10.9 Å². The molecule has 8 nitrogen and oxygen atoms in total. The van der Waals surface area contributed by atoms with Gasteiger partial charge in [-0.1, -0.05) is 22.8 Å². The average molecular weight is 394 g/mol. The summed E-state index contributed by atoms with van der Waals surface area (Å²) in [4.78, 5) is 27.5. The van der Waals surface area contributed by atoms with Gasteiger partial charge < -0.3 is 9.26 Å². The van der Waals surface area contributed by atoms with Crippen molar-refractivity contribution in [2.75, 3.05) is 6.61 Å². The number of carbonyl (C=O) groups is 1. The predicted molar refractivity (Wildman–Crippen MR) is 94.3 cm³/mol. The third-order valence-corrected chi connectivity index (χ3v) is 4.45. The number of nitro benzene ring substituents is 1. The number of hydrogen-bond donors (Lipinski definition) is 0. The van der Waals surface area contributed by atoms with E-state index in [0.29, 0.717) is 24.6 Å². The van der Waals surface area contributed by atoms with Crippen LogP contribution in [-0.2, 0) is 11.2 Å². The van der Waals surface area contributed by atoms with Gasteiger partial charge in [0.15, 0.2) is 0 Å². The molecule has 1 aromatic carbocycles. The number of carbonyl (C=O) groups excluding carboxylic acids is 1.